The predicted molar refractivity (Wildman–Crippen MR) is 65.6 cm³/mol. The highest BCUT2D eigenvalue weighted by Gasteiger charge is 2.10. The van der Waals surface area contributed by atoms with E-state index >= 15 is 0 Å². The lowest BCUT2D eigenvalue weighted by molar-refractivity contribution is 0.282. The molecule has 5 nitrogen and oxygen atoms in total. The highest BCUT2D eigenvalue weighted by molar-refractivity contribution is 6.28. The van der Waals surface area contributed by atoms with Crippen LogP contribution in [0.4, 0.5) is 11.5 Å². The predicted octanol–water partition coefficient (Wildman–Crippen LogP) is 1.59. The summed E-state index contributed by atoms with van der Waals surface area (Å²) >= 11 is 5.75. The monoisotopic (exact) mass is 244 g/mol. The Bertz CT molecular complexity index is 359. The van der Waals surface area contributed by atoms with E-state index in [1.165, 1.54) is 0 Å². The second-order valence-electron chi connectivity index (χ2n) is 3.75. The normalized spacial score (nSPS) is 12.5. The summed E-state index contributed by atoms with van der Waals surface area (Å²) in [5, 5.41) is 12.1. The molecule has 90 valence electrons. The molecule has 0 bridgehead atoms. The van der Waals surface area contributed by atoms with Gasteiger partial charge in [0.1, 0.15) is 0 Å². The molecule has 1 unspecified atom stereocenters. The maximum atomic E-state index is 8.72. The fraction of sp³-hybridized carbons (Fsp3) is 0.600. The van der Waals surface area contributed by atoms with Crippen molar-refractivity contribution in [2.24, 2.45) is 0 Å². The lowest BCUT2D eigenvalue weighted by Gasteiger charge is -2.16. The van der Waals surface area contributed by atoms with Crippen molar-refractivity contribution in [2.45, 2.75) is 32.7 Å². The number of halogens is 1. The number of nitrogens with one attached hydrogen (secondary N) is 1. The summed E-state index contributed by atoms with van der Waals surface area (Å²) in [5.41, 5.74) is 7.01. The molecule has 0 aliphatic carbocycles. The Morgan fingerprint density at radius 3 is 2.81 bits per heavy atom. The Balaban J connectivity index is 2.72. The van der Waals surface area contributed by atoms with Crippen molar-refractivity contribution in [2.75, 3.05) is 17.7 Å². The number of aliphatic hydroxyl groups excluding tert-OH is 1. The zero-order valence-corrected chi connectivity index (χ0v) is 10.3. The number of nitrogen functional groups attached to an aromatic ring is 1. The van der Waals surface area contributed by atoms with Crippen LogP contribution in [0, 0.1) is 6.92 Å². The van der Waals surface area contributed by atoms with Crippen LogP contribution >= 0.6 is 11.6 Å². The van der Waals surface area contributed by atoms with Gasteiger partial charge in [-0.25, -0.2) is 4.98 Å². The van der Waals surface area contributed by atoms with Gasteiger partial charge in [-0.3, -0.25) is 0 Å². The SMILES string of the molecule is Cc1nc(Cl)nc(NC(C)CCCO)c1N. The molecule has 1 heterocycles. The summed E-state index contributed by atoms with van der Waals surface area (Å²) in [6.45, 7) is 3.97. The Morgan fingerprint density at radius 2 is 2.19 bits per heavy atom. The van der Waals surface area contributed by atoms with Crippen molar-refractivity contribution in [1.29, 1.82) is 0 Å². The number of hydrogen-bond acceptors (Lipinski definition) is 5. The van der Waals surface area contributed by atoms with E-state index < -0.39 is 0 Å². The average Bonchev–Trinajstić information content (AvgIpc) is 2.22. The third-order valence-electron chi connectivity index (χ3n) is 2.29. The highest BCUT2D eigenvalue weighted by Crippen LogP contribution is 2.21. The third kappa shape index (κ3) is 3.50. The molecule has 1 rings (SSSR count). The quantitative estimate of drug-likeness (QED) is 0.685. The van der Waals surface area contributed by atoms with Crippen LogP contribution in [0.15, 0.2) is 0 Å². The molecule has 0 saturated carbocycles. The second kappa shape index (κ2) is 5.86. The van der Waals surface area contributed by atoms with E-state index in [1.54, 1.807) is 6.92 Å². The first-order chi connectivity index (χ1) is 7.54. The molecular formula is C10H17ClN4O. The number of nitrogens with two attached hydrogens (primary N) is 1. The molecule has 0 amide bonds. The van der Waals surface area contributed by atoms with E-state index in [9.17, 15) is 0 Å². The van der Waals surface area contributed by atoms with Gasteiger partial charge < -0.3 is 16.2 Å². The Morgan fingerprint density at radius 1 is 1.50 bits per heavy atom. The van der Waals surface area contributed by atoms with Crippen LogP contribution in [-0.2, 0) is 0 Å². The van der Waals surface area contributed by atoms with Crippen molar-refractivity contribution >= 4 is 23.1 Å². The van der Waals surface area contributed by atoms with Crippen LogP contribution in [0.1, 0.15) is 25.5 Å². The first-order valence-corrected chi connectivity index (χ1v) is 5.59. The minimum atomic E-state index is 0.180. The van der Waals surface area contributed by atoms with Crippen LogP contribution in [0.25, 0.3) is 0 Å². The number of aryl methyl sites for hydroxylation is 1. The van der Waals surface area contributed by atoms with Gasteiger partial charge in [0.05, 0.1) is 11.4 Å². The zero-order valence-electron chi connectivity index (χ0n) is 9.50. The lowest BCUT2D eigenvalue weighted by Crippen LogP contribution is -2.18. The maximum absolute atomic E-state index is 8.72. The maximum Gasteiger partial charge on any atom is 0.224 e. The standard InChI is InChI=1S/C10H17ClN4O/c1-6(4-3-5-16)13-9-8(12)7(2)14-10(11)15-9/h6,16H,3-5,12H2,1-2H3,(H,13,14,15). The Kier molecular flexibility index (Phi) is 4.76. The summed E-state index contributed by atoms with van der Waals surface area (Å²) < 4.78 is 0. The molecule has 1 aromatic heterocycles. The molecule has 0 fully saturated rings. The van der Waals surface area contributed by atoms with Gasteiger partial charge in [0.25, 0.3) is 0 Å². The van der Waals surface area contributed by atoms with Crippen molar-refractivity contribution in [3.8, 4) is 0 Å². The Labute approximate surface area is 100 Å². The van der Waals surface area contributed by atoms with Crippen molar-refractivity contribution in [3.05, 3.63) is 11.0 Å². The number of rotatable bonds is 5. The van der Waals surface area contributed by atoms with Gasteiger partial charge in [-0.15, -0.1) is 0 Å². The van der Waals surface area contributed by atoms with E-state index in [2.05, 4.69) is 15.3 Å². The molecule has 16 heavy (non-hydrogen) atoms. The third-order valence-corrected chi connectivity index (χ3v) is 2.46. The minimum Gasteiger partial charge on any atom is -0.396 e. The van der Waals surface area contributed by atoms with Gasteiger partial charge in [-0.2, -0.15) is 4.98 Å². The summed E-state index contributed by atoms with van der Waals surface area (Å²) in [7, 11) is 0. The number of hydrogen-bond donors (Lipinski definition) is 3. The molecule has 4 N–H and O–H groups in total. The summed E-state index contributed by atoms with van der Waals surface area (Å²) in [5.74, 6) is 0.558. The van der Waals surface area contributed by atoms with Crippen LogP contribution in [-0.4, -0.2) is 27.7 Å². The van der Waals surface area contributed by atoms with E-state index in [1.807, 2.05) is 6.92 Å². The lowest BCUT2D eigenvalue weighted by atomic mass is 10.2. The Hall–Kier alpha value is -1.07. The number of aliphatic hydroxyl groups is 1. The van der Waals surface area contributed by atoms with Crippen LogP contribution < -0.4 is 11.1 Å². The van der Waals surface area contributed by atoms with Gasteiger partial charge in [-0.1, -0.05) is 0 Å². The van der Waals surface area contributed by atoms with Gasteiger partial charge in [0.2, 0.25) is 5.28 Å². The number of nitrogens with zero attached hydrogens (tertiary/aromatic N) is 2. The fourth-order valence-electron chi connectivity index (χ4n) is 1.36. The van der Waals surface area contributed by atoms with Gasteiger partial charge in [0, 0.05) is 12.6 Å². The molecule has 0 spiro atoms. The van der Waals surface area contributed by atoms with Crippen LogP contribution in [0.3, 0.4) is 0 Å². The number of aromatic nitrogens is 2. The second-order valence-corrected chi connectivity index (χ2v) is 4.09. The van der Waals surface area contributed by atoms with Crippen molar-refractivity contribution in [3.63, 3.8) is 0 Å². The minimum absolute atomic E-state index is 0.180. The van der Waals surface area contributed by atoms with E-state index in [-0.39, 0.29) is 17.9 Å². The molecule has 1 aromatic rings. The molecular weight excluding hydrogens is 228 g/mol. The first kappa shape index (κ1) is 13.0. The molecule has 1 atom stereocenters. The van der Waals surface area contributed by atoms with Crippen LogP contribution in [0.2, 0.25) is 5.28 Å². The summed E-state index contributed by atoms with van der Waals surface area (Å²) in [4.78, 5) is 7.99. The van der Waals surface area contributed by atoms with Gasteiger partial charge in [-0.05, 0) is 38.3 Å². The van der Waals surface area contributed by atoms with Crippen LogP contribution in [0.5, 0.6) is 0 Å². The molecule has 0 saturated heterocycles. The molecule has 6 heteroatoms. The summed E-state index contributed by atoms with van der Waals surface area (Å²) in [6, 6.07) is 0.180. The van der Waals surface area contributed by atoms with E-state index in [0.29, 0.717) is 17.2 Å². The first-order valence-electron chi connectivity index (χ1n) is 5.21. The smallest absolute Gasteiger partial charge is 0.224 e. The fourth-order valence-corrected chi connectivity index (χ4v) is 1.57. The van der Waals surface area contributed by atoms with Crippen molar-refractivity contribution < 1.29 is 5.11 Å². The summed E-state index contributed by atoms with van der Waals surface area (Å²) in [6.07, 6.45) is 1.59. The highest BCUT2D eigenvalue weighted by atomic mass is 35.5. The number of anilines is 2. The molecule has 0 aliphatic heterocycles. The van der Waals surface area contributed by atoms with E-state index in [4.69, 9.17) is 22.4 Å². The van der Waals surface area contributed by atoms with Gasteiger partial charge >= 0.3 is 0 Å². The topological polar surface area (TPSA) is 84.1 Å². The zero-order chi connectivity index (χ0) is 12.1. The largest absolute Gasteiger partial charge is 0.396 e. The van der Waals surface area contributed by atoms with Gasteiger partial charge in [0.15, 0.2) is 5.82 Å². The van der Waals surface area contributed by atoms with E-state index in [0.717, 1.165) is 12.8 Å². The van der Waals surface area contributed by atoms with Crippen molar-refractivity contribution in [1.82, 2.24) is 9.97 Å². The average molecular weight is 245 g/mol. The molecule has 0 radical (unpaired) electrons. The molecule has 0 aromatic carbocycles. The molecule has 0 aliphatic rings.